The van der Waals surface area contributed by atoms with Crippen molar-refractivity contribution in [2.24, 2.45) is 0 Å². The molecule has 6 nitrogen and oxygen atoms in total. The van der Waals surface area contributed by atoms with Crippen molar-refractivity contribution < 1.29 is 4.74 Å². The third kappa shape index (κ3) is 3.27. The Hall–Kier alpha value is -1.40. The van der Waals surface area contributed by atoms with Gasteiger partial charge in [0.15, 0.2) is 0 Å². The molecule has 0 saturated carbocycles. The summed E-state index contributed by atoms with van der Waals surface area (Å²) in [5.41, 5.74) is 0. The summed E-state index contributed by atoms with van der Waals surface area (Å²) in [6.45, 7) is 8.09. The first-order valence-electron chi connectivity index (χ1n) is 7.92. The molecule has 3 rings (SSSR count). The van der Waals surface area contributed by atoms with Crippen molar-refractivity contribution in [1.29, 1.82) is 0 Å². The Morgan fingerprint density at radius 3 is 2.81 bits per heavy atom. The number of aryl methyl sites for hydroxylation is 1. The maximum absolute atomic E-state index is 5.45. The highest BCUT2D eigenvalue weighted by Crippen LogP contribution is 2.24. The van der Waals surface area contributed by atoms with E-state index in [2.05, 4.69) is 33.1 Å². The van der Waals surface area contributed by atoms with Crippen molar-refractivity contribution >= 4 is 11.6 Å². The van der Waals surface area contributed by atoms with Gasteiger partial charge in [-0.15, -0.1) is 0 Å². The minimum Gasteiger partial charge on any atom is -0.379 e. The molecule has 116 valence electrons. The van der Waals surface area contributed by atoms with Gasteiger partial charge in [-0.3, -0.25) is 4.90 Å². The standard InChI is InChI=1S/C15H25N5O/c1-3-13-17-14(16-2)10-15(18-13)20-5-4-12(11-20)19-6-8-21-9-7-19/h10,12H,3-9,11H2,1-2H3,(H,16,17,18). The van der Waals surface area contributed by atoms with Crippen LogP contribution in [0.2, 0.25) is 0 Å². The van der Waals surface area contributed by atoms with E-state index in [1.807, 2.05) is 7.05 Å². The molecule has 1 unspecified atom stereocenters. The Labute approximate surface area is 126 Å². The van der Waals surface area contributed by atoms with E-state index in [9.17, 15) is 0 Å². The molecule has 1 atom stereocenters. The molecule has 0 spiro atoms. The monoisotopic (exact) mass is 291 g/mol. The molecule has 0 aliphatic carbocycles. The number of ether oxygens (including phenoxy) is 1. The Morgan fingerprint density at radius 2 is 2.10 bits per heavy atom. The lowest BCUT2D eigenvalue weighted by Gasteiger charge is -2.32. The summed E-state index contributed by atoms with van der Waals surface area (Å²) in [6, 6.07) is 2.69. The fraction of sp³-hybridized carbons (Fsp3) is 0.733. The topological polar surface area (TPSA) is 53.5 Å². The molecule has 2 fully saturated rings. The minimum atomic E-state index is 0.631. The summed E-state index contributed by atoms with van der Waals surface area (Å²) < 4.78 is 5.45. The van der Waals surface area contributed by atoms with Crippen molar-refractivity contribution in [3.63, 3.8) is 0 Å². The van der Waals surface area contributed by atoms with E-state index in [-0.39, 0.29) is 0 Å². The molecule has 2 aliphatic heterocycles. The lowest BCUT2D eigenvalue weighted by atomic mass is 10.2. The number of anilines is 2. The minimum absolute atomic E-state index is 0.631. The molecule has 21 heavy (non-hydrogen) atoms. The fourth-order valence-electron chi connectivity index (χ4n) is 3.12. The highest BCUT2D eigenvalue weighted by Gasteiger charge is 2.29. The number of aromatic nitrogens is 2. The van der Waals surface area contributed by atoms with Gasteiger partial charge in [-0.1, -0.05) is 6.92 Å². The molecular formula is C15H25N5O. The summed E-state index contributed by atoms with van der Waals surface area (Å²) in [5.74, 6) is 2.88. The van der Waals surface area contributed by atoms with E-state index in [0.29, 0.717) is 6.04 Å². The van der Waals surface area contributed by atoms with Gasteiger partial charge in [0.1, 0.15) is 17.5 Å². The lowest BCUT2D eigenvalue weighted by molar-refractivity contribution is 0.0209. The van der Waals surface area contributed by atoms with Crippen LogP contribution in [0.4, 0.5) is 11.6 Å². The highest BCUT2D eigenvalue weighted by molar-refractivity contribution is 5.50. The molecule has 1 N–H and O–H groups in total. The number of hydrogen-bond donors (Lipinski definition) is 1. The van der Waals surface area contributed by atoms with Crippen molar-refractivity contribution in [3.05, 3.63) is 11.9 Å². The van der Waals surface area contributed by atoms with E-state index in [1.165, 1.54) is 6.42 Å². The zero-order valence-electron chi connectivity index (χ0n) is 13.0. The van der Waals surface area contributed by atoms with Crippen LogP contribution in [0.1, 0.15) is 19.2 Å². The first-order chi connectivity index (χ1) is 10.3. The molecular weight excluding hydrogens is 266 g/mol. The molecule has 1 aromatic rings. The largest absolute Gasteiger partial charge is 0.379 e. The second-order valence-corrected chi connectivity index (χ2v) is 5.67. The second kappa shape index (κ2) is 6.58. The second-order valence-electron chi connectivity index (χ2n) is 5.67. The highest BCUT2D eigenvalue weighted by atomic mass is 16.5. The van der Waals surface area contributed by atoms with Gasteiger partial charge in [0.05, 0.1) is 13.2 Å². The van der Waals surface area contributed by atoms with Crippen LogP contribution >= 0.6 is 0 Å². The quantitative estimate of drug-likeness (QED) is 0.893. The summed E-state index contributed by atoms with van der Waals surface area (Å²) >= 11 is 0. The number of hydrogen-bond acceptors (Lipinski definition) is 6. The molecule has 0 aromatic carbocycles. The predicted octanol–water partition coefficient (Wildman–Crippen LogP) is 0.992. The molecule has 6 heteroatoms. The smallest absolute Gasteiger partial charge is 0.134 e. The summed E-state index contributed by atoms with van der Waals surface area (Å²) in [4.78, 5) is 14.1. The van der Waals surface area contributed by atoms with E-state index >= 15 is 0 Å². The van der Waals surface area contributed by atoms with Crippen LogP contribution in [-0.4, -0.2) is 67.4 Å². The van der Waals surface area contributed by atoms with Gasteiger partial charge >= 0.3 is 0 Å². The van der Waals surface area contributed by atoms with E-state index in [4.69, 9.17) is 9.72 Å². The molecule has 0 radical (unpaired) electrons. The Kier molecular flexibility index (Phi) is 4.55. The van der Waals surface area contributed by atoms with Gasteiger partial charge in [0.25, 0.3) is 0 Å². The average Bonchev–Trinajstić information content (AvgIpc) is 3.05. The van der Waals surface area contributed by atoms with Gasteiger partial charge < -0.3 is 15.0 Å². The number of nitrogens with zero attached hydrogens (tertiary/aromatic N) is 4. The zero-order chi connectivity index (χ0) is 14.7. The van der Waals surface area contributed by atoms with E-state index in [0.717, 1.165) is 63.3 Å². The van der Waals surface area contributed by atoms with Gasteiger partial charge in [-0.2, -0.15) is 0 Å². The average molecular weight is 291 g/mol. The van der Waals surface area contributed by atoms with Crippen molar-refractivity contribution in [2.45, 2.75) is 25.8 Å². The van der Waals surface area contributed by atoms with Crippen molar-refractivity contribution in [3.8, 4) is 0 Å². The summed E-state index contributed by atoms with van der Waals surface area (Å²) in [7, 11) is 1.91. The maximum atomic E-state index is 5.45. The van der Waals surface area contributed by atoms with Gasteiger partial charge in [-0.05, 0) is 6.42 Å². The third-order valence-corrected chi connectivity index (χ3v) is 4.38. The van der Waals surface area contributed by atoms with Crippen LogP contribution in [0.5, 0.6) is 0 Å². The van der Waals surface area contributed by atoms with Crippen LogP contribution < -0.4 is 10.2 Å². The first kappa shape index (κ1) is 14.5. The van der Waals surface area contributed by atoms with Crippen LogP contribution in [0.25, 0.3) is 0 Å². The van der Waals surface area contributed by atoms with E-state index < -0.39 is 0 Å². The first-order valence-corrected chi connectivity index (χ1v) is 7.92. The molecule has 0 bridgehead atoms. The summed E-state index contributed by atoms with van der Waals surface area (Å²) in [6.07, 6.45) is 2.07. The zero-order valence-corrected chi connectivity index (χ0v) is 13.0. The van der Waals surface area contributed by atoms with Gasteiger partial charge in [0.2, 0.25) is 0 Å². The molecule has 2 aliphatic rings. The Balaban J connectivity index is 1.70. The fourth-order valence-corrected chi connectivity index (χ4v) is 3.12. The van der Waals surface area contributed by atoms with Crippen molar-refractivity contribution in [1.82, 2.24) is 14.9 Å². The number of rotatable bonds is 4. The molecule has 2 saturated heterocycles. The van der Waals surface area contributed by atoms with Crippen LogP contribution in [0.15, 0.2) is 6.07 Å². The maximum Gasteiger partial charge on any atom is 0.134 e. The van der Waals surface area contributed by atoms with E-state index in [1.54, 1.807) is 0 Å². The lowest BCUT2D eigenvalue weighted by Crippen LogP contribution is -2.44. The normalized spacial score (nSPS) is 23.5. The van der Waals surface area contributed by atoms with Crippen LogP contribution in [-0.2, 0) is 11.2 Å². The Bertz CT molecular complexity index is 453. The molecule has 0 amide bonds. The predicted molar refractivity (Wildman–Crippen MR) is 84.0 cm³/mol. The molecule has 1 aromatic heterocycles. The SMILES string of the molecule is CCc1nc(NC)cc(N2CCC(N3CCOCC3)C2)n1. The van der Waals surface area contributed by atoms with Crippen molar-refractivity contribution in [2.75, 3.05) is 56.7 Å². The molecule has 3 heterocycles. The number of morpholine rings is 1. The van der Waals surface area contributed by atoms with Gasteiger partial charge in [-0.25, -0.2) is 9.97 Å². The Morgan fingerprint density at radius 1 is 1.29 bits per heavy atom. The van der Waals surface area contributed by atoms with Crippen LogP contribution in [0, 0.1) is 0 Å². The summed E-state index contributed by atoms with van der Waals surface area (Å²) in [5, 5.41) is 3.14. The third-order valence-electron chi connectivity index (χ3n) is 4.38. The number of nitrogens with one attached hydrogen (secondary N) is 1. The van der Waals surface area contributed by atoms with Gasteiger partial charge in [0, 0.05) is 51.8 Å². The van der Waals surface area contributed by atoms with Crippen LogP contribution in [0.3, 0.4) is 0 Å².